The molecule has 0 radical (unpaired) electrons. The Morgan fingerprint density at radius 1 is 0.867 bits per heavy atom. The third-order valence-electron chi connectivity index (χ3n) is 4.76. The Hall–Kier alpha value is -2.32. The van der Waals surface area contributed by atoms with Crippen LogP contribution < -0.4 is 21.7 Å². The highest BCUT2D eigenvalue weighted by atomic mass is 16.5. The van der Waals surface area contributed by atoms with E-state index in [4.69, 9.17) is 5.73 Å². The molecule has 2 atom stereocenters. The first-order valence-electron chi connectivity index (χ1n) is 11.0. The van der Waals surface area contributed by atoms with Crippen molar-refractivity contribution in [1.29, 1.82) is 0 Å². The summed E-state index contributed by atoms with van der Waals surface area (Å²) in [5.41, 5.74) is 5.15. The zero-order valence-corrected chi connectivity index (χ0v) is 18.8. The summed E-state index contributed by atoms with van der Waals surface area (Å²) in [7, 11) is 1.20. The first-order chi connectivity index (χ1) is 14.3. The van der Waals surface area contributed by atoms with Crippen molar-refractivity contribution in [2.75, 3.05) is 13.7 Å². The van der Waals surface area contributed by atoms with Gasteiger partial charge in [0.25, 0.3) is 0 Å². The summed E-state index contributed by atoms with van der Waals surface area (Å²) in [6.07, 6.45) is 11.6. The number of carbonyl (C=O) groups is 4. The SMILES string of the molecule is CCCCCCCCCCCCNC(=O)N[C@H](CC(N)=O)C(=O)N[C@@H](C)C(=O)OC. The second kappa shape index (κ2) is 17.5. The molecule has 0 bridgehead atoms. The minimum atomic E-state index is -1.16. The second-order valence-corrected chi connectivity index (χ2v) is 7.56. The first kappa shape index (κ1) is 27.7. The molecule has 4 amide bonds. The Morgan fingerprint density at radius 3 is 1.90 bits per heavy atom. The molecule has 0 saturated heterocycles. The lowest BCUT2D eigenvalue weighted by atomic mass is 10.1. The maximum Gasteiger partial charge on any atom is 0.328 e. The number of nitrogens with one attached hydrogen (secondary N) is 3. The largest absolute Gasteiger partial charge is 0.467 e. The molecule has 9 heteroatoms. The maximum absolute atomic E-state index is 12.2. The van der Waals surface area contributed by atoms with Crippen LogP contribution in [0.4, 0.5) is 4.79 Å². The molecular formula is C21H40N4O5. The molecule has 0 aromatic carbocycles. The summed E-state index contributed by atoms with van der Waals surface area (Å²) in [6.45, 7) is 4.13. The highest BCUT2D eigenvalue weighted by Crippen LogP contribution is 2.10. The van der Waals surface area contributed by atoms with Crippen molar-refractivity contribution in [1.82, 2.24) is 16.0 Å². The molecule has 0 spiro atoms. The maximum atomic E-state index is 12.2. The number of esters is 1. The van der Waals surface area contributed by atoms with Gasteiger partial charge in [-0.25, -0.2) is 9.59 Å². The number of ether oxygens (including phenoxy) is 1. The summed E-state index contributed by atoms with van der Waals surface area (Å²) in [4.78, 5) is 46.9. The molecular weight excluding hydrogens is 388 g/mol. The topological polar surface area (TPSA) is 140 Å². The second-order valence-electron chi connectivity index (χ2n) is 7.56. The summed E-state index contributed by atoms with van der Waals surface area (Å²) < 4.78 is 4.53. The minimum Gasteiger partial charge on any atom is -0.467 e. The molecule has 0 aromatic heterocycles. The van der Waals surface area contributed by atoms with Crippen molar-refractivity contribution in [2.24, 2.45) is 5.73 Å². The minimum absolute atomic E-state index is 0.370. The van der Waals surface area contributed by atoms with Gasteiger partial charge in [0.05, 0.1) is 13.5 Å². The van der Waals surface area contributed by atoms with Crippen LogP contribution in [0.1, 0.15) is 84.5 Å². The molecule has 5 N–H and O–H groups in total. The molecule has 0 rings (SSSR count). The molecule has 0 aliphatic rings. The normalized spacial score (nSPS) is 12.5. The number of urea groups is 1. The van der Waals surface area contributed by atoms with Crippen molar-refractivity contribution in [2.45, 2.75) is 96.6 Å². The fourth-order valence-electron chi connectivity index (χ4n) is 2.98. The van der Waals surface area contributed by atoms with Crippen molar-refractivity contribution < 1.29 is 23.9 Å². The molecule has 0 heterocycles. The standard InChI is InChI=1S/C21H40N4O5/c1-4-5-6-7-8-9-10-11-12-13-14-23-21(29)25-17(15-18(22)26)19(27)24-16(2)20(28)30-3/h16-17H,4-15H2,1-3H3,(H2,22,26)(H,24,27)(H2,23,25,29)/t16-,17+/m0/s1. The van der Waals surface area contributed by atoms with Gasteiger partial charge in [-0.1, -0.05) is 64.7 Å². The predicted octanol–water partition coefficient (Wildman–Crippen LogP) is 2.13. The van der Waals surface area contributed by atoms with Crippen LogP contribution in [0, 0.1) is 0 Å². The van der Waals surface area contributed by atoms with E-state index in [0.717, 1.165) is 19.3 Å². The van der Waals surface area contributed by atoms with E-state index in [-0.39, 0.29) is 6.42 Å². The van der Waals surface area contributed by atoms with Crippen LogP contribution in [0.2, 0.25) is 0 Å². The van der Waals surface area contributed by atoms with E-state index in [1.807, 2.05) is 0 Å². The van der Waals surface area contributed by atoms with Gasteiger partial charge in [-0.2, -0.15) is 0 Å². The van der Waals surface area contributed by atoms with Gasteiger partial charge < -0.3 is 26.4 Å². The fourth-order valence-corrected chi connectivity index (χ4v) is 2.98. The fraction of sp³-hybridized carbons (Fsp3) is 0.810. The molecule has 9 nitrogen and oxygen atoms in total. The molecule has 0 aliphatic carbocycles. The Morgan fingerprint density at radius 2 is 1.40 bits per heavy atom. The average Bonchev–Trinajstić information content (AvgIpc) is 2.70. The van der Waals surface area contributed by atoms with E-state index < -0.39 is 35.9 Å². The third-order valence-corrected chi connectivity index (χ3v) is 4.76. The van der Waals surface area contributed by atoms with Gasteiger partial charge in [0, 0.05) is 6.54 Å². The zero-order chi connectivity index (χ0) is 22.8. The Bertz CT molecular complexity index is 528. The molecule has 174 valence electrons. The van der Waals surface area contributed by atoms with E-state index in [1.165, 1.54) is 59.0 Å². The molecule has 0 aromatic rings. The van der Waals surface area contributed by atoms with Gasteiger partial charge >= 0.3 is 12.0 Å². The van der Waals surface area contributed by atoms with Gasteiger partial charge in [-0.05, 0) is 13.3 Å². The number of unbranched alkanes of at least 4 members (excludes halogenated alkanes) is 9. The third kappa shape index (κ3) is 14.6. The van der Waals surface area contributed by atoms with E-state index in [0.29, 0.717) is 6.54 Å². The number of amides is 4. The molecule has 0 aliphatic heterocycles. The number of rotatable bonds is 17. The zero-order valence-electron chi connectivity index (χ0n) is 18.8. The Kier molecular flexibility index (Phi) is 16.2. The van der Waals surface area contributed by atoms with Crippen molar-refractivity contribution in [3.63, 3.8) is 0 Å². The number of carbonyl (C=O) groups excluding carboxylic acids is 4. The number of hydrogen-bond acceptors (Lipinski definition) is 5. The number of hydrogen-bond donors (Lipinski definition) is 4. The van der Waals surface area contributed by atoms with E-state index in [1.54, 1.807) is 0 Å². The lowest BCUT2D eigenvalue weighted by Crippen LogP contribution is -2.54. The van der Waals surface area contributed by atoms with Crippen LogP contribution in [0.15, 0.2) is 0 Å². The number of primary amides is 1. The molecule has 0 unspecified atom stereocenters. The summed E-state index contributed by atoms with van der Waals surface area (Å²) in [6, 6.07) is -2.63. The average molecular weight is 429 g/mol. The van der Waals surface area contributed by atoms with Crippen LogP contribution >= 0.6 is 0 Å². The summed E-state index contributed by atoms with van der Waals surface area (Å²) in [5, 5.41) is 7.50. The van der Waals surface area contributed by atoms with Crippen LogP contribution in [0.25, 0.3) is 0 Å². The first-order valence-corrected chi connectivity index (χ1v) is 11.0. The molecule has 0 fully saturated rings. The monoisotopic (exact) mass is 428 g/mol. The Labute approximate surface area is 180 Å². The summed E-state index contributed by atoms with van der Waals surface area (Å²) >= 11 is 0. The molecule has 30 heavy (non-hydrogen) atoms. The van der Waals surface area contributed by atoms with Crippen molar-refractivity contribution in [3.8, 4) is 0 Å². The van der Waals surface area contributed by atoms with Crippen LogP contribution in [0.3, 0.4) is 0 Å². The van der Waals surface area contributed by atoms with Crippen molar-refractivity contribution >= 4 is 23.8 Å². The van der Waals surface area contributed by atoms with Crippen LogP contribution in [-0.4, -0.2) is 49.6 Å². The summed E-state index contributed by atoms with van der Waals surface area (Å²) in [5.74, 6) is -2.05. The highest BCUT2D eigenvalue weighted by molar-refractivity contribution is 5.93. The predicted molar refractivity (Wildman–Crippen MR) is 116 cm³/mol. The van der Waals surface area contributed by atoms with Gasteiger partial charge in [0.2, 0.25) is 11.8 Å². The van der Waals surface area contributed by atoms with Crippen molar-refractivity contribution in [3.05, 3.63) is 0 Å². The molecule has 0 saturated carbocycles. The van der Waals surface area contributed by atoms with E-state index in [2.05, 4.69) is 27.6 Å². The van der Waals surface area contributed by atoms with Gasteiger partial charge in [0.15, 0.2) is 0 Å². The van der Waals surface area contributed by atoms with Gasteiger partial charge in [-0.3, -0.25) is 9.59 Å². The van der Waals surface area contributed by atoms with Crippen LogP contribution in [-0.2, 0) is 19.1 Å². The quantitative estimate of drug-likeness (QED) is 0.208. The highest BCUT2D eigenvalue weighted by Gasteiger charge is 2.26. The lowest BCUT2D eigenvalue weighted by Gasteiger charge is -2.19. The lowest BCUT2D eigenvalue weighted by molar-refractivity contribution is -0.144. The smallest absolute Gasteiger partial charge is 0.328 e. The van der Waals surface area contributed by atoms with E-state index in [9.17, 15) is 19.2 Å². The number of methoxy groups -OCH3 is 1. The number of nitrogens with two attached hydrogens (primary N) is 1. The Balaban J connectivity index is 4.07. The van der Waals surface area contributed by atoms with Gasteiger partial charge in [0.1, 0.15) is 12.1 Å². The van der Waals surface area contributed by atoms with Crippen LogP contribution in [0.5, 0.6) is 0 Å². The van der Waals surface area contributed by atoms with Gasteiger partial charge in [-0.15, -0.1) is 0 Å². The van der Waals surface area contributed by atoms with E-state index >= 15 is 0 Å².